The first-order valence-electron chi connectivity index (χ1n) is 11.5. The molecule has 7 rings (SSSR count). The Labute approximate surface area is 199 Å². The highest BCUT2D eigenvalue weighted by molar-refractivity contribution is 6.01. The fourth-order valence-electron chi connectivity index (χ4n) is 4.93. The van der Waals surface area contributed by atoms with Crippen molar-refractivity contribution in [2.24, 2.45) is 0 Å². The molecule has 1 atom stereocenters. The number of pyridine rings is 2. The molecule has 0 unspecified atom stereocenters. The molecule has 0 radical (unpaired) electrons. The predicted molar refractivity (Wildman–Crippen MR) is 130 cm³/mol. The van der Waals surface area contributed by atoms with Crippen molar-refractivity contribution in [1.29, 1.82) is 0 Å². The number of nitrogens with one attached hydrogen (secondary N) is 1. The van der Waals surface area contributed by atoms with E-state index in [2.05, 4.69) is 20.1 Å². The lowest BCUT2D eigenvalue weighted by Crippen LogP contribution is -2.40. The van der Waals surface area contributed by atoms with E-state index in [1.165, 1.54) is 0 Å². The van der Waals surface area contributed by atoms with E-state index in [0.29, 0.717) is 24.3 Å². The van der Waals surface area contributed by atoms with Crippen molar-refractivity contribution >= 4 is 22.4 Å². The minimum atomic E-state index is -0.422. The first-order chi connectivity index (χ1) is 17.3. The molecule has 8 heteroatoms. The number of benzene rings is 1. The number of furan rings is 1. The number of hydrogen-bond donors (Lipinski definition) is 1. The number of H-pyrrole nitrogens is 1. The van der Waals surface area contributed by atoms with Gasteiger partial charge in [-0.1, -0.05) is 30.3 Å². The molecule has 0 saturated heterocycles. The molecule has 1 aliphatic heterocycles. The van der Waals surface area contributed by atoms with Gasteiger partial charge >= 0.3 is 0 Å². The van der Waals surface area contributed by atoms with Crippen LogP contribution in [0.5, 0.6) is 0 Å². The van der Waals surface area contributed by atoms with Crippen LogP contribution in [0.2, 0.25) is 0 Å². The number of carbonyl (C=O) groups is 1. The number of aromatic nitrogens is 5. The average molecular weight is 460 g/mol. The topological polar surface area (TPSA) is 92.3 Å². The van der Waals surface area contributed by atoms with Gasteiger partial charge < -0.3 is 14.3 Å². The van der Waals surface area contributed by atoms with Crippen molar-refractivity contribution in [3.63, 3.8) is 0 Å². The number of rotatable bonds is 3. The highest BCUT2D eigenvalue weighted by Crippen LogP contribution is 2.37. The van der Waals surface area contributed by atoms with E-state index in [0.717, 1.165) is 39.0 Å². The monoisotopic (exact) mass is 460 g/mol. The molecule has 1 N–H and O–H groups in total. The number of hydrogen-bond acceptors (Lipinski definition) is 5. The van der Waals surface area contributed by atoms with Crippen molar-refractivity contribution in [3.05, 3.63) is 108 Å². The first-order valence-corrected chi connectivity index (χ1v) is 11.5. The van der Waals surface area contributed by atoms with Gasteiger partial charge in [0.25, 0.3) is 5.91 Å². The van der Waals surface area contributed by atoms with Crippen LogP contribution in [0.1, 0.15) is 33.5 Å². The Balaban J connectivity index is 1.30. The summed E-state index contributed by atoms with van der Waals surface area (Å²) in [7, 11) is 0. The molecular formula is C27H20N6O2. The van der Waals surface area contributed by atoms with Gasteiger partial charge in [0, 0.05) is 53.8 Å². The van der Waals surface area contributed by atoms with Gasteiger partial charge in [0.1, 0.15) is 17.4 Å². The maximum Gasteiger partial charge on any atom is 0.258 e. The van der Waals surface area contributed by atoms with E-state index >= 15 is 0 Å². The molecule has 0 saturated carbocycles. The summed E-state index contributed by atoms with van der Waals surface area (Å²) in [4.78, 5) is 27.8. The van der Waals surface area contributed by atoms with Crippen LogP contribution in [-0.4, -0.2) is 41.9 Å². The average Bonchev–Trinajstić information content (AvgIpc) is 3.65. The molecule has 170 valence electrons. The summed E-state index contributed by atoms with van der Waals surface area (Å²) < 4.78 is 7.95. The Hall–Kier alpha value is -4.72. The second-order valence-corrected chi connectivity index (χ2v) is 8.65. The van der Waals surface area contributed by atoms with Crippen molar-refractivity contribution in [3.8, 4) is 11.1 Å². The SMILES string of the molecule is O=C(c1cnn2cc(-c3cccnc3)ccc12)N1CCc2[nH]cnc2[C@H]1c1cc2ccccc2o1. The number of nitrogens with zero attached hydrogens (tertiary/aromatic N) is 5. The summed E-state index contributed by atoms with van der Waals surface area (Å²) >= 11 is 0. The van der Waals surface area contributed by atoms with Gasteiger partial charge in [-0.15, -0.1) is 0 Å². The fourth-order valence-corrected chi connectivity index (χ4v) is 4.93. The van der Waals surface area contributed by atoms with Gasteiger partial charge in [-0.05, 0) is 24.3 Å². The fraction of sp³-hybridized carbons (Fsp3) is 0.111. The van der Waals surface area contributed by atoms with Gasteiger partial charge in [-0.2, -0.15) is 5.10 Å². The molecule has 0 fully saturated rings. The second-order valence-electron chi connectivity index (χ2n) is 8.65. The molecule has 0 bridgehead atoms. The number of carbonyl (C=O) groups excluding carboxylic acids is 1. The molecule has 5 aromatic heterocycles. The van der Waals surface area contributed by atoms with Crippen LogP contribution in [0.3, 0.4) is 0 Å². The zero-order valence-corrected chi connectivity index (χ0v) is 18.6. The Bertz CT molecular complexity index is 1660. The molecule has 8 nitrogen and oxygen atoms in total. The molecule has 0 aliphatic carbocycles. The molecule has 1 amide bonds. The second kappa shape index (κ2) is 7.66. The Kier molecular flexibility index (Phi) is 4.32. The van der Waals surface area contributed by atoms with E-state index in [-0.39, 0.29) is 5.91 Å². The number of imidazole rings is 1. The maximum absolute atomic E-state index is 13.9. The number of amides is 1. The molecule has 0 spiro atoms. The van der Waals surface area contributed by atoms with Crippen LogP contribution in [0.25, 0.3) is 27.6 Å². The van der Waals surface area contributed by atoms with Crippen molar-refractivity contribution in [1.82, 2.24) is 29.5 Å². The summed E-state index contributed by atoms with van der Waals surface area (Å²) in [5, 5.41) is 5.49. The van der Waals surface area contributed by atoms with Crippen LogP contribution < -0.4 is 0 Å². The highest BCUT2D eigenvalue weighted by Gasteiger charge is 2.37. The Morgan fingerprint density at radius 2 is 2.00 bits per heavy atom. The highest BCUT2D eigenvalue weighted by atomic mass is 16.3. The van der Waals surface area contributed by atoms with Gasteiger partial charge in [0.15, 0.2) is 0 Å². The normalized spacial score (nSPS) is 15.5. The zero-order chi connectivity index (χ0) is 23.4. The van der Waals surface area contributed by atoms with E-state index in [9.17, 15) is 4.79 Å². The van der Waals surface area contributed by atoms with Crippen molar-refractivity contribution in [2.45, 2.75) is 12.5 Å². The van der Waals surface area contributed by atoms with Gasteiger partial charge in [-0.25, -0.2) is 9.50 Å². The van der Waals surface area contributed by atoms with Crippen molar-refractivity contribution in [2.75, 3.05) is 6.54 Å². The van der Waals surface area contributed by atoms with Gasteiger partial charge in [0.2, 0.25) is 0 Å². The van der Waals surface area contributed by atoms with Crippen molar-refractivity contribution < 1.29 is 9.21 Å². The predicted octanol–water partition coefficient (Wildman–Crippen LogP) is 4.65. The third kappa shape index (κ3) is 3.14. The first kappa shape index (κ1) is 19.7. The Morgan fingerprint density at radius 1 is 1.06 bits per heavy atom. The standard InChI is InChI=1S/C27H20N6O2/c34-27(20-14-31-33-15-19(7-8-22(20)33)18-5-3-10-28-13-18)32-11-9-21-25(30-16-29-21)26(32)24-12-17-4-1-2-6-23(17)35-24/h1-8,10,12-16,26H,9,11H2,(H,29,30)/t26-/m1/s1. The van der Waals surface area contributed by atoms with Crippen LogP contribution in [0, 0.1) is 0 Å². The lowest BCUT2D eigenvalue weighted by atomic mass is 9.99. The summed E-state index contributed by atoms with van der Waals surface area (Å²) in [5.74, 6) is 0.594. The molecule has 6 heterocycles. The molecule has 1 aromatic carbocycles. The largest absolute Gasteiger partial charge is 0.458 e. The minimum absolute atomic E-state index is 0.103. The third-order valence-corrected chi connectivity index (χ3v) is 6.64. The minimum Gasteiger partial charge on any atom is -0.458 e. The van der Waals surface area contributed by atoms with E-state index in [1.807, 2.05) is 71.9 Å². The quantitative estimate of drug-likeness (QED) is 0.415. The van der Waals surface area contributed by atoms with Crippen LogP contribution in [-0.2, 0) is 6.42 Å². The number of fused-ring (bicyclic) bond motifs is 3. The van der Waals surface area contributed by atoms with Gasteiger partial charge in [-0.3, -0.25) is 9.78 Å². The van der Waals surface area contributed by atoms with Gasteiger partial charge in [0.05, 0.1) is 29.3 Å². The Morgan fingerprint density at radius 3 is 2.89 bits per heavy atom. The van der Waals surface area contributed by atoms with Crippen LogP contribution in [0.15, 0.2) is 90.1 Å². The van der Waals surface area contributed by atoms with Crippen LogP contribution >= 0.6 is 0 Å². The summed E-state index contributed by atoms with van der Waals surface area (Å²) in [6.07, 6.45) is 9.49. The van der Waals surface area contributed by atoms with E-state index in [4.69, 9.17) is 4.42 Å². The number of para-hydroxylation sites is 1. The maximum atomic E-state index is 13.9. The summed E-state index contributed by atoms with van der Waals surface area (Å²) in [6.45, 7) is 0.543. The summed E-state index contributed by atoms with van der Waals surface area (Å²) in [6, 6.07) is 17.3. The van der Waals surface area contributed by atoms with E-state index < -0.39 is 6.04 Å². The molecule has 6 aromatic rings. The molecular weight excluding hydrogens is 440 g/mol. The molecule has 1 aliphatic rings. The van der Waals surface area contributed by atoms with Crippen LogP contribution in [0.4, 0.5) is 0 Å². The lowest BCUT2D eigenvalue weighted by Gasteiger charge is -2.33. The third-order valence-electron chi connectivity index (χ3n) is 6.64. The smallest absolute Gasteiger partial charge is 0.258 e. The number of aromatic amines is 1. The van der Waals surface area contributed by atoms with E-state index in [1.54, 1.807) is 23.2 Å². The summed E-state index contributed by atoms with van der Waals surface area (Å²) in [5.41, 5.74) is 5.90. The lowest BCUT2D eigenvalue weighted by molar-refractivity contribution is 0.0675. The molecule has 35 heavy (non-hydrogen) atoms. The zero-order valence-electron chi connectivity index (χ0n) is 18.6.